The molecule has 0 fully saturated rings. The Balaban J connectivity index is 2.63. The lowest BCUT2D eigenvalue weighted by atomic mass is 10.1. The summed E-state index contributed by atoms with van der Waals surface area (Å²) < 4.78 is 4.77. The van der Waals surface area contributed by atoms with Crippen molar-refractivity contribution in [3.8, 4) is 0 Å². The van der Waals surface area contributed by atoms with E-state index >= 15 is 0 Å². The summed E-state index contributed by atoms with van der Waals surface area (Å²) in [5.41, 5.74) is 2.90. The number of nitrogens with two attached hydrogens (primary N) is 1. The van der Waals surface area contributed by atoms with Gasteiger partial charge in [0, 0.05) is 6.42 Å². The molecule has 0 aliphatic heterocycles. The third-order valence-corrected chi connectivity index (χ3v) is 2.29. The monoisotopic (exact) mass is 266 g/mol. The maximum Gasteiger partial charge on any atom is 0.408 e. The second-order valence-corrected chi connectivity index (χ2v) is 3.72. The van der Waals surface area contributed by atoms with Gasteiger partial charge in [-0.25, -0.2) is 15.4 Å². The molecule has 1 atom stereocenters. The zero-order valence-corrected chi connectivity index (χ0v) is 10.7. The van der Waals surface area contributed by atoms with Gasteiger partial charge in [0.05, 0.1) is 6.61 Å². The summed E-state index contributed by atoms with van der Waals surface area (Å²) in [6, 6.07) is 8.83. The number of carbonyl (C=O) groups is 2. The first-order valence-corrected chi connectivity index (χ1v) is 5.90. The van der Waals surface area contributed by atoms with Crippen LogP contribution in [0.4, 0.5) is 9.59 Å². The van der Waals surface area contributed by atoms with E-state index in [4.69, 9.17) is 10.6 Å². The number of ether oxygens (including phenoxy) is 1. The molecule has 3 amide bonds. The minimum Gasteiger partial charge on any atom is -0.450 e. The maximum atomic E-state index is 11.4. The molecular weight excluding hydrogens is 248 g/mol. The van der Waals surface area contributed by atoms with E-state index in [-0.39, 0.29) is 6.61 Å². The van der Waals surface area contributed by atoms with Crippen molar-refractivity contribution in [1.29, 1.82) is 0 Å². The van der Waals surface area contributed by atoms with E-state index in [1.807, 2.05) is 35.8 Å². The number of urea groups is 1. The van der Waals surface area contributed by atoms with Gasteiger partial charge < -0.3 is 15.4 Å². The highest BCUT2D eigenvalue weighted by Crippen LogP contribution is 2.02. The molecule has 1 aromatic carbocycles. The van der Waals surface area contributed by atoms with Crippen LogP contribution in [0, 0.1) is 0 Å². The molecule has 1 aromatic rings. The zero-order valence-electron chi connectivity index (χ0n) is 10.7. The van der Waals surface area contributed by atoms with Gasteiger partial charge in [-0.05, 0) is 12.5 Å². The summed E-state index contributed by atoms with van der Waals surface area (Å²) in [4.78, 5) is 22.6. The predicted octanol–water partition coefficient (Wildman–Crippen LogP) is 0.474. The first kappa shape index (κ1) is 14.8. The van der Waals surface area contributed by atoms with Crippen LogP contribution in [0.2, 0.25) is 0 Å². The van der Waals surface area contributed by atoms with Gasteiger partial charge in [-0.3, -0.25) is 5.43 Å². The minimum atomic E-state index is -0.606. The fourth-order valence-electron chi connectivity index (χ4n) is 1.50. The Morgan fingerprint density at radius 2 is 1.95 bits per heavy atom. The molecule has 19 heavy (non-hydrogen) atoms. The number of nitrogens with one attached hydrogen (secondary N) is 3. The van der Waals surface area contributed by atoms with Crippen LogP contribution < -0.4 is 21.9 Å². The average molecular weight is 266 g/mol. The summed E-state index contributed by atoms with van der Waals surface area (Å²) in [5, 5.41) is 5.06. The van der Waals surface area contributed by atoms with Crippen molar-refractivity contribution in [1.82, 2.24) is 16.1 Å². The highest BCUT2D eigenvalue weighted by Gasteiger charge is 2.15. The summed E-state index contributed by atoms with van der Waals surface area (Å²) in [6.45, 7) is 1.96. The Bertz CT molecular complexity index is 411. The molecule has 7 heteroatoms. The fourth-order valence-corrected chi connectivity index (χ4v) is 1.50. The van der Waals surface area contributed by atoms with Crippen molar-refractivity contribution in [3.05, 3.63) is 35.9 Å². The minimum absolute atomic E-state index is 0.257. The molecular formula is C12H18N4O3. The van der Waals surface area contributed by atoms with Gasteiger partial charge in [0.15, 0.2) is 0 Å². The predicted molar refractivity (Wildman–Crippen MR) is 69.9 cm³/mol. The summed E-state index contributed by atoms with van der Waals surface area (Å²) in [5.74, 6) is 5.00. The van der Waals surface area contributed by atoms with Crippen molar-refractivity contribution in [2.24, 2.45) is 5.84 Å². The van der Waals surface area contributed by atoms with E-state index < -0.39 is 18.3 Å². The maximum absolute atomic E-state index is 11.4. The number of rotatable bonds is 5. The second kappa shape index (κ2) is 7.93. The van der Waals surface area contributed by atoms with Crippen molar-refractivity contribution in [2.75, 3.05) is 6.61 Å². The molecule has 0 aliphatic carbocycles. The Labute approximate surface area is 111 Å². The van der Waals surface area contributed by atoms with E-state index in [2.05, 4.69) is 10.6 Å². The SMILES string of the molecule is CCOC(=O)N[C@@H](Cc1ccccc1)NC(=O)NN. The summed E-state index contributed by atoms with van der Waals surface area (Å²) >= 11 is 0. The lowest BCUT2D eigenvalue weighted by Crippen LogP contribution is -2.53. The van der Waals surface area contributed by atoms with Crippen molar-refractivity contribution in [3.63, 3.8) is 0 Å². The van der Waals surface area contributed by atoms with Gasteiger partial charge in [0.1, 0.15) is 6.17 Å². The Morgan fingerprint density at radius 3 is 2.53 bits per heavy atom. The second-order valence-electron chi connectivity index (χ2n) is 3.72. The lowest BCUT2D eigenvalue weighted by Gasteiger charge is -2.19. The molecule has 5 N–H and O–H groups in total. The van der Waals surface area contributed by atoms with Gasteiger partial charge >= 0.3 is 12.1 Å². The Morgan fingerprint density at radius 1 is 1.26 bits per heavy atom. The molecule has 0 saturated carbocycles. The Kier molecular flexibility index (Phi) is 6.17. The standard InChI is InChI=1S/C12H18N4O3/c1-2-19-12(18)15-10(14-11(17)16-13)8-9-6-4-3-5-7-9/h3-7,10H,2,8,13H2,1H3,(H,15,18)(H2,14,16,17)/t10-/m0/s1. The Hall–Kier alpha value is -2.28. The molecule has 1 rings (SSSR count). The molecule has 104 valence electrons. The molecule has 7 nitrogen and oxygen atoms in total. The average Bonchev–Trinajstić information content (AvgIpc) is 2.39. The number of alkyl carbamates (subject to hydrolysis) is 1. The normalized spacial score (nSPS) is 11.3. The number of hydrazine groups is 1. The van der Waals surface area contributed by atoms with Crippen LogP contribution in [0.3, 0.4) is 0 Å². The molecule has 0 aromatic heterocycles. The highest BCUT2D eigenvalue weighted by molar-refractivity contribution is 5.74. The quantitative estimate of drug-likeness (QED) is 0.269. The molecule has 0 aliphatic rings. The van der Waals surface area contributed by atoms with Crippen molar-refractivity contribution >= 4 is 12.1 Å². The van der Waals surface area contributed by atoms with Crippen molar-refractivity contribution in [2.45, 2.75) is 19.5 Å². The van der Waals surface area contributed by atoms with Gasteiger partial charge in [-0.2, -0.15) is 0 Å². The summed E-state index contributed by atoms with van der Waals surface area (Å²) in [6.07, 6.45) is -0.779. The van der Waals surface area contributed by atoms with E-state index in [1.54, 1.807) is 6.92 Å². The van der Waals surface area contributed by atoms with Crippen LogP contribution in [-0.2, 0) is 11.2 Å². The van der Waals surface area contributed by atoms with E-state index in [0.717, 1.165) is 5.56 Å². The third-order valence-electron chi connectivity index (χ3n) is 2.29. The van der Waals surface area contributed by atoms with Crippen LogP contribution in [0.25, 0.3) is 0 Å². The van der Waals surface area contributed by atoms with Gasteiger partial charge in [0.25, 0.3) is 0 Å². The molecule has 0 saturated heterocycles. The van der Waals surface area contributed by atoms with Crippen LogP contribution in [0.15, 0.2) is 30.3 Å². The van der Waals surface area contributed by atoms with Crippen LogP contribution in [-0.4, -0.2) is 24.9 Å². The smallest absolute Gasteiger partial charge is 0.408 e. The largest absolute Gasteiger partial charge is 0.450 e. The number of hydrogen-bond acceptors (Lipinski definition) is 4. The topological polar surface area (TPSA) is 105 Å². The van der Waals surface area contributed by atoms with Crippen LogP contribution in [0.1, 0.15) is 12.5 Å². The number of hydrogen-bond donors (Lipinski definition) is 4. The van der Waals surface area contributed by atoms with E-state index in [1.165, 1.54) is 0 Å². The molecule has 0 unspecified atom stereocenters. The lowest BCUT2D eigenvalue weighted by molar-refractivity contribution is 0.146. The van der Waals surface area contributed by atoms with Crippen LogP contribution >= 0.6 is 0 Å². The van der Waals surface area contributed by atoms with E-state index in [9.17, 15) is 9.59 Å². The zero-order chi connectivity index (χ0) is 14.1. The molecule has 0 heterocycles. The third kappa shape index (κ3) is 5.73. The van der Waals surface area contributed by atoms with Crippen molar-refractivity contribution < 1.29 is 14.3 Å². The molecule has 0 spiro atoms. The molecule has 0 radical (unpaired) electrons. The van der Waals surface area contributed by atoms with Gasteiger partial charge in [0.2, 0.25) is 0 Å². The first-order valence-electron chi connectivity index (χ1n) is 5.90. The first-order chi connectivity index (χ1) is 9.15. The number of amides is 3. The van der Waals surface area contributed by atoms with Crippen LogP contribution in [0.5, 0.6) is 0 Å². The van der Waals surface area contributed by atoms with Gasteiger partial charge in [-0.1, -0.05) is 30.3 Å². The molecule has 0 bridgehead atoms. The fraction of sp³-hybridized carbons (Fsp3) is 0.333. The number of carbonyl (C=O) groups excluding carboxylic acids is 2. The summed E-state index contributed by atoms with van der Waals surface area (Å²) in [7, 11) is 0. The highest BCUT2D eigenvalue weighted by atomic mass is 16.5. The number of benzene rings is 1. The van der Waals surface area contributed by atoms with Gasteiger partial charge in [-0.15, -0.1) is 0 Å². The van der Waals surface area contributed by atoms with E-state index in [0.29, 0.717) is 6.42 Å².